The van der Waals surface area contributed by atoms with Crippen LogP contribution in [0.25, 0.3) is 0 Å². The van der Waals surface area contributed by atoms with Gasteiger partial charge in [0.25, 0.3) is 5.69 Å². The minimum atomic E-state index is -0.627. The Labute approximate surface area is 119 Å². The van der Waals surface area contributed by atoms with E-state index >= 15 is 0 Å². The molecule has 108 valence electrons. The molecule has 2 rings (SSSR count). The lowest BCUT2D eigenvalue weighted by Gasteiger charge is -2.09. The van der Waals surface area contributed by atoms with E-state index in [1.165, 1.54) is 0 Å². The summed E-state index contributed by atoms with van der Waals surface area (Å²) in [6, 6.07) is 8.28. The number of nitrogens with zero attached hydrogens (tertiary/aromatic N) is 3. The molecule has 1 aromatic carbocycles. The first kappa shape index (κ1) is 14.3. The molecule has 0 saturated carbocycles. The van der Waals surface area contributed by atoms with Crippen molar-refractivity contribution in [3.8, 4) is 11.6 Å². The first-order valence-corrected chi connectivity index (χ1v) is 5.88. The summed E-state index contributed by atoms with van der Waals surface area (Å²) < 4.78 is 5.54. The highest BCUT2D eigenvalue weighted by molar-refractivity contribution is 5.99. The van der Waals surface area contributed by atoms with E-state index in [4.69, 9.17) is 15.7 Å². The predicted octanol–water partition coefficient (Wildman–Crippen LogP) is 2.19. The fraction of sp³-hybridized carbons (Fsp3) is 0.0769. The molecule has 8 heteroatoms. The fourth-order valence-corrected chi connectivity index (χ4v) is 1.65. The summed E-state index contributed by atoms with van der Waals surface area (Å²) in [6.45, 7) is 1.89. The Balaban J connectivity index is 2.45. The van der Waals surface area contributed by atoms with Gasteiger partial charge >= 0.3 is 0 Å². The van der Waals surface area contributed by atoms with Crippen molar-refractivity contribution >= 4 is 11.5 Å². The molecule has 1 heterocycles. The van der Waals surface area contributed by atoms with Gasteiger partial charge in [0, 0.05) is 6.07 Å². The van der Waals surface area contributed by atoms with Crippen LogP contribution in [-0.4, -0.2) is 21.0 Å². The Morgan fingerprint density at radius 1 is 1.48 bits per heavy atom. The van der Waals surface area contributed by atoms with Crippen molar-refractivity contribution in [3.05, 3.63) is 57.8 Å². The molecule has 0 amide bonds. The van der Waals surface area contributed by atoms with E-state index in [0.717, 1.165) is 17.8 Å². The molecule has 0 aliphatic rings. The first-order chi connectivity index (χ1) is 10.0. The molecule has 0 atom stereocenters. The van der Waals surface area contributed by atoms with Gasteiger partial charge in [-0.2, -0.15) is 0 Å². The maximum atomic E-state index is 10.8. The number of ether oxygens (including phenoxy) is 1. The monoisotopic (exact) mass is 288 g/mol. The predicted molar refractivity (Wildman–Crippen MR) is 74.7 cm³/mol. The van der Waals surface area contributed by atoms with E-state index in [2.05, 4.69) is 10.1 Å². The fourth-order valence-electron chi connectivity index (χ4n) is 1.65. The normalized spacial score (nSPS) is 11.2. The lowest BCUT2D eigenvalue weighted by Crippen LogP contribution is -2.15. The zero-order valence-corrected chi connectivity index (χ0v) is 11.1. The van der Waals surface area contributed by atoms with Gasteiger partial charge in [-0.25, -0.2) is 4.98 Å². The van der Waals surface area contributed by atoms with Gasteiger partial charge in [-0.1, -0.05) is 17.3 Å². The minimum Gasteiger partial charge on any atom is -0.438 e. The lowest BCUT2D eigenvalue weighted by molar-refractivity contribution is -0.385. The Hall–Kier alpha value is -3.16. The number of hydrogen-bond acceptors (Lipinski definition) is 6. The SMILES string of the molecule is Cc1cccc(Oc2ncc([N+](=O)[O-])cc2C(N)=NO)c1. The van der Waals surface area contributed by atoms with E-state index in [9.17, 15) is 10.1 Å². The summed E-state index contributed by atoms with van der Waals surface area (Å²) >= 11 is 0. The molecule has 0 unspecified atom stereocenters. The molecule has 0 bridgehead atoms. The van der Waals surface area contributed by atoms with Gasteiger partial charge in [0.1, 0.15) is 11.9 Å². The zero-order chi connectivity index (χ0) is 15.4. The number of rotatable bonds is 4. The van der Waals surface area contributed by atoms with Crippen molar-refractivity contribution in [2.75, 3.05) is 0 Å². The van der Waals surface area contributed by atoms with Gasteiger partial charge in [-0.05, 0) is 24.6 Å². The average Bonchev–Trinajstić information content (AvgIpc) is 2.46. The number of oxime groups is 1. The summed E-state index contributed by atoms with van der Waals surface area (Å²) in [7, 11) is 0. The number of amidine groups is 1. The number of aromatic nitrogens is 1. The molecule has 0 saturated heterocycles. The van der Waals surface area contributed by atoms with Gasteiger partial charge in [0.2, 0.25) is 5.88 Å². The van der Waals surface area contributed by atoms with Gasteiger partial charge < -0.3 is 15.7 Å². The molecular weight excluding hydrogens is 276 g/mol. The van der Waals surface area contributed by atoms with Crippen LogP contribution in [0.3, 0.4) is 0 Å². The van der Waals surface area contributed by atoms with Crippen LogP contribution in [0, 0.1) is 17.0 Å². The van der Waals surface area contributed by atoms with Gasteiger partial charge in [0.05, 0.1) is 10.5 Å². The summed E-state index contributed by atoms with van der Waals surface area (Å²) in [4.78, 5) is 14.0. The standard InChI is InChI=1S/C13H12N4O4/c1-8-3-2-4-10(5-8)21-13-11(12(14)16-18)6-9(7-15-13)17(19)20/h2-7,18H,1H3,(H2,14,16). The van der Waals surface area contributed by atoms with Crippen molar-refractivity contribution in [2.45, 2.75) is 6.92 Å². The number of pyridine rings is 1. The van der Waals surface area contributed by atoms with Crippen LogP contribution >= 0.6 is 0 Å². The smallest absolute Gasteiger partial charge is 0.288 e. The van der Waals surface area contributed by atoms with Crippen molar-refractivity contribution in [2.24, 2.45) is 10.9 Å². The van der Waals surface area contributed by atoms with E-state index in [0.29, 0.717) is 5.75 Å². The number of nitro groups is 1. The Bertz CT molecular complexity index is 715. The second kappa shape index (κ2) is 5.87. The van der Waals surface area contributed by atoms with Crippen LogP contribution in [-0.2, 0) is 0 Å². The number of nitrogens with two attached hydrogens (primary N) is 1. The van der Waals surface area contributed by atoms with Gasteiger partial charge in [0.15, 0.2) is 5.84 Å². The molecule has 8 nitrogen and oxygen atoms in total. The van der Waals surface area contributed by atoms with Crippen molar-refractivity contribution in [1.29, 1.82) is 0 Å². The average molecular weight is 288 g/mol. The van der Waals surface area contributed by atoms with Crippen molar-refractivity contribution < 1.29 is 14.9 Å². The highest BCUT2D eigenvalue weighted by atomic mass is 16.6. The quantitative estimate of drug-likeness (QED) is 0.292. The maximum Gasteiger partial charge on any atom is 0.288 e. The first-order valence-electron chi connectivity index (χ1n) is 5.88. The number of aryl methyl sites for hydroxylation is 1. The molecule has 2 aromatic rings. The van der Waals surface area contributed by atoms with E-state index in [1.54, 1.807) is 18.2 Å². The summed E-state index contributed by atoms with van der Waals surface area (Å²) in [5.41, 5.74) is 6.23. The molecule has 0 fully saturated rings. The largest absolute Gasteiger partial charge is 0.438 e. The zero-order valence-electron chi connectivity index (χ0n) is 11.1. The van der Waals surface area contributed by atoms with Crippen LogP contribution in [0.5, 0.6) is 11.6 Å². The van der Waals surface area contributed by atoms with Gasteiger partial charge in [-0.15, -0.1) is 0 Å². The molecule has 21 heavy (non-hydrogen) atoms. The van der Waals surface area contributed by atoms with E-state index < -0.39 is 4.92 Å². The molecule has 0 aliphatic heterocycles. The van der Waals surface area contributed by atoms with E-state index in [-0.39, 0.29) is 23.0 Å². The third-order valence-corrected chi connectivity index (χ3v) is 2.64. The summed E-state index contributed by atoms with van der Waals surface area (Å²) in [6.07, 6.45) is 1.04. The maximum absolute atomic E-state index is 10.8. The Kier molecular flexibility index (Phi) is 3.98. The molecule has 0 radical (unpaired) electrons. The molecule has 0 spiro atoms. The van der Waals surface area contributed by atoms with Crippen molar-refractivity contribution in [1.82, 2.24) is 4.98 Å². The summed E-state index contributed by atoms with van der Waals surface area (Å²) in [5.74, 6) is 0.179. The van der Waals surface area contributed by atoms with E-state index in [1.807, 2.05) is 13.0 Å². The molecule has 1 aromatic heterocycles. The summed E-state index contributed by atoms with van der Waals surface area (Å²) in [5, 5.41) is 22.4. The Morgan fingerprint density at radius 2 is 2.24 bits per heavy atom. The second-order valence-corrected chi connectivity index (χ2v) is 4.21. The van der Waals surface area contributed by atoms with Crippen LogP contribution in [0.2, 0.25) is 0 Å². The topological polar surface area (TPSA) is 124 Å². The molecule has 3 N–H and O–H groups in total. The minimum absolute atomic E-state index is 0.0153. The van der Waals surface area contributed by atoms with Gasteiger partial charge in [-0.3, -0.25) is 10.1 Å². The second-order valence-electron chi connectivity index (χ2n) is 4.21. The van der Waals surface area contributed by atoms with Crippen molar-refractivity contribution in [3.63, 3.8) is 0 Å². The number of benzene rings is 1. The molecular formula is C13H12N4O4. The Morgan fingerprint density at radius 3 is 2.86 bits per heavy atom. The van der Waals surface area contributed by atoms with Crippen LogP contribution in [0.15, 0.2) is 41.7 Å². The molecule has 0 aliphatic carbocycles. The highest BCUT2D eigenvalue weighted by Gasteiger charge is 2.17. The lowest BCUT2D eigenvalue weighted by atomic mass is 10.2. The third-order valence-electron chi connectivity index (χ3n) is 2.64. The van der Waals surface area contributed by atoms with Crippen LogP contribution in [0.4, 0.5) is 5.69 Å². The number of hydrogen-bond donors (Lipinski definition) is 2. The third kappa shape index (κ3) is 3.24. The van der Waals surface area contributed by atoms with Crippen LogP contribution in [0.1, 0.15) is 11.1 Å². The highest BCUT2D eigenvalue weighted by Crippen LogP contribution is 2.26. The van der Waals surface area contributed by atoms with Crippen LogP contribution < -0.4 is 10.5 Å².